The minimum absolute atomic E-state index is 0.758. The van der Waals surface area contributed by atoms with Crippen LogP contribution in [0.15, 0.2) is 0 Å². The molecule has 0 radical (unpaired) electrons. The van der Waals surface area contributed by atoms with E-state index in [2.05, 4.69) is 9.88 Å². The molecule has 1 aromatic heterocycles. The van der Waals surface area contributed by atoms with E-state index in [1.165, 1.54) is 63.0 Å². The Morgan fingerprint density at radius 1 is 1.24 bits per heavy atom. The highest BCUT2D eigenvalue weighted by atomic mass is 15.1. The summed E-state index contributed by atoms with van der Waals surface area (Å²) in [7, 11) is 2.01. The van der Waals surface area contributed by atoms with Gasteiger partial charge in [0.05, 0.1) is 12.2 Å². The van der Waals surface area contributed by atoms with Crippen LogP contribution in [0.1, 0.15) is 61.7 Å². The van der Waals surface area contributed by atoms with Crippen LogP contribution in [0.4, 0.5) is 0 Å². The summed E-state index contributed by atoms with van der Waals surface area (Å²) in [5.41, 5.74) is 3.01. The molecule has 94 valence electrons. The molecule has 3 nitrogen and oxygen atoms in total. The van der Waals surface area contributed by atoms with Crippen molar-refractivity contribution in [3.8, 4) is 0 Å². The standard InChI is InChI=1S/C14H23N3/c1-15-10-13-16-14(11-6-3-2-4-7-11)12-8-5-9-17(12)13/h11,15H,2-10H2,1H3. The van der Waals surface area contributed by atoms with E-state index >= 15 is 0 Å². The van der Waals surface area contributed by atoms with Crippen molar-refractivity contribution < 1.29 is 0 Å². The molecular weight excluding hydrogens is 210 g/mol. The van der Waals surface area contributed by atoms with Gasteiger partial charge in [0, 0.05) is 18.2 Å². The number of imidazole rings is 1. The lowest BCUT2D eigenvalue weighted by molar-refractivity contribution is 0.435. The molecule has 1 aliphatic carbocycles. The van der Waals surface area contributed by atoms with Gasteiger partial charge in [-0.3, -0.25) is 0 Å². The molecule has 0 aromatic carbocycles. The Balaban J connectivity index is 1.90. The van der Waals surface area contributed by atoms with Crippen molar-refractivity contribution in [2.24, 2.45) is 0 Å². The van der Waals surface area contributed by atoms with Gasteiger partial charge >= 0.3 is 0 Å². The van der Waals surface area contributed by atoms with Crippen LogP contribution >= 0.6 is 0 Å². The molecular formula is C14H23N3. The van der Waals surface area contributed by atoms with Crippen molar-refractivity contribution in [1.82, 2.24) is 14.9 Å². The van der Waals surface area contributed by atoms with Gasteiger partial charge in [-0.1, -0.05) is 19.3 Å². The predicted octanol–water partition coefficient (Wildman–Crippen LogP) is 2.60. The third kappa shape index (κ3) is 2.01. The first-order valence-corrected chi connectivity index (χ1v) is 7.13. The highest BCUT2D eigenvalue weighted by Crippen LogP contribution is 2.36. The van der Waals surface area contributed by atoms with Gasteiger partial charge in [-0.15, -0.1) is 0 Å². The van der Waals surface area contributed by atoms with Crippen LogP contribution in [0.3, 0.4) is 0 Å². The number of hydrogen-bond donors (Lipinski definition) is 1. The topological polar surface area (TPSA) is 29.9 Å². The van der Waals surface area contributed by atoms with Crippen LogP contribution in [0.2, 0.25) is 0 Å². The molecule has 1 aliphatic heterocycles. The molecule has 0 unspecified atom stereocenters. The average molecular weight is 233 g/mol. The molecule has 1 aromatic rings. The Morgan fingerprint density at radius 3 is 2.82 bits per heavy atom. The molecule has 0 spiro atoms. The van der Waals surface area contributed by atoms with E-state index in [1.54, 1.807) is 5.69 Å². The molecule has 1 saturated carbocycles. The molecule has 17 heavy (non-hydrogen) atoms. The molecule has 0 atom stereocenters. The zero-order chi connectivity index (χ0) is 11.7. The summed E-state index contributed by atoms with van der Waals surface area (Å²) in [5, 5.41) is 3.25. The lowest BCUT2D eigenvalue weighted by Gasteiger charge is -2.20. The zero-order valence-electron chi connectivity index (χ0n) is 10.8. The molecule has 0 bridgehead atoms. The van der Waals surface area contributed by atoms with Crippen molar-refractivity contribution in [3.05, 3.63) is 17.2 Å². The van der Waals surface area contributed by atoms with Gasteiger partial charge in [-0.25, -0.2) is 4.98 Å². The van der Waals surface area contributed by atoms with Crippen molar-refractivity contribution in [3.63, 3.8) is 0 Å². The highest BCUT2D eigenvalue weighted by molar-refractivity contribution is 5.24. The fourth-order valence-electron chi connectivity index (χ4n) is 3.49. The van der Waals surface area contributed by atoms with Gasteiger partial charge < -0.3 is 9.88 Å². The van der Waals surface area contributed by atoms with E-state index in [9.17, 15) is 0 Å². The molecule has 2 aliphatic rings. The number of rotatable bonds is 3. The van der Waals surface area contributed by atoms with Crippen molar-refractivity contribution in [2.45, 2.75) is 64.0 Å². The summed E-state index contributed by atoms with van der Waals surface area (Å²) in [6, 6.07) is 0. The Bertz CT molecular complexity index is 388. The predicted molar refractivity (Wildman–Crippen MR) is 69.1 cm³/mol. The maximum absolute atomic E-state index is 4.95. The SMILES string of the molecule is CNCc1nc(C2CCCCC2)c2n1CCC2. The van der Waals surface area contributed by atoms with E-state index in [0.29, 0.717) is 0 Å². The van der Waals surface area contributed by atoms with Gasteiger partial charge in [-0.05, 0) is 32.7 Å². The summed E-state index contributed by atoms with van der Waals surface area (Å²) in [6.45, 7) is 2.10. The van der Waals surface area contributed by atoms with Crippen LogP contribution in [0.5, 0.6) is 0 Å². The maximum Gasteiger partial charge on any atom is 0.123 e. The lowest BCUT2D eigenvalue weighted by atomic mass is 9.86. The average Bonchev–Trinajstić information content (AvgIpc) is 2.94. The third-order valence-electron chi connectivity index (χ3n) is 4.30. The third-order valence-corrected chi connectivity index (χ3v) is 4.30. The highest BCUT2D eigenvalue weighted by Gasteiger charge is 2.27. The van der Waals surface area contributed by atoms with Crippen LogP contribution in [-0.2, 0) is 19.5 Å². The second-order valence-electron chi connectivity index (χ2n) is 5.48. The quantitative estimate of drug-likeness (QED) is 0.869. The van der Waals surface area contributed by atoms with Crippen LogP contribution in [0, 0.1) is 0 Å². The summed E-state index contributed by atoms with van der Waals surface area (Å²) < 4.78 is 2.47. The Hall–Kier alpha value is -0.830. The lowest BCUT2D eigenvalue weighted by Crippen LogP contribution is -2.11. The molecule has 2 heterocycles. The van der Waals surface area contributed by atoms with Gasteiger partial charge in [-0.2, -0.15) is 0 Å². The minimum atomic E-state index is 0.758. The largest absolute Gasteiger partial charge is 0.331 e. The molecule has 1 N–H and O–H groups in total. The van der Waals surface area contributed by atoms with Gasteiger partial charge in [0.15, 0.2) is 0 Å². The normalized spacial score (nSPS) is 20.8. The fourth-order valence-corrected chi connectivity index (χ4v) is 3.49. The van der Waals surface area contributed by atoms with Gasteiger partial charge in [0.2, 0.25) is 0 Å². The first-order valence-electron chi connectivity index (χ1n) is 7.13. The minimum Gasteiger partial charge on any atom is -0.331 e. The van der Waals surface area contributed by atoms with Crippen LogP contribution < -0.4 is 5.32 Å². The Morgan fingerprint density at radius 2 is 2.06 bits per heavy atom. The number of nitrogens with zero attached hydrogens (tertiary/aromatic N) is 2. The van der Waals surface area contributed by atoms with Crippen molar-refractivity contribution in [2.75, 3.05) is 7.05 Å². The Labute approximate surface area is 104 Å². The monoisotopic (exact) mass is 233 g/mol. The summed E-state index contributed by atoms with van der Waals surface area (Å²) in [6.07, 6.45) is 9.52. The van der Waals surface area contributed by atoms with E-state index < -0.39 is 0 Å². The summed E-state index contributed by atoms with van der Waals surface area (Å²) >= 11 is 0. The van der Waals surface area contributed by atoms with E-state index in [0.717, 1.165) is 12.5 Å². The van der Waals surface area contributed by atoms with E-state index in [4.69, 9.17) is 4.98 Å². The van der Waals surface area contributed by atoms with Gasteiger partial charge in [0.1, 0.15) is 5.82 Å². The van der Waals surface area contributed by atoms with E-state index in [-0.39, 0.29) is 0 Å². The fraction of sp³-hybridized carbons (Fsp3) is 0.786. The molecule has 3 heteroatoms. The zero-order valence-corrected chi connectivity index (χ0v) is 10.8. The second kappa shape index (κ2) is 4.81. The van der Waals surface area contributed by atoms with E-state index in [1.807, 2.05) is 7.05 Å². The number of hydrogen-bond acceptors (Lipinski definition) is 2. The molecule has 0 saturated heterocycles. The first kappa shape index (κ1) is 11.3. The number of aromatic nitrogens is 2. The summed E-state index contributed by atoms with van der Waals surface area (Å²) in [4.78, 5) is 4.95. The number of nitrogens with one attached hydrogen (secondary N) is 1. The smallest absolute Gasteiger partial charge is 0.123 e. The molecule has 1 fully saturated rings. The molecule has 0 amide bonds. The van der Waals surface area contributed by atoms with Gasteiger partial charge in [0.25, 0.3) is 0 Å². The maximum atomic E-state index is 4.95. The second-order valence-corrected chi connectivity index (χ2v) is 5.48. The summed E-state index contributed by atoms with van der Waals surface area (Å²) in [5.74, 6) is 2.02. The van der Waals surface area contributed by atoms with Crippen LogP contribution in [0.25, 0.3) is 0 Å². The first-order chi connectivity index (χ1) is 8.40. The Kier molecular flexibility index (Phi) is 3.19. The van der Waals surface area contributed by atoms with Crippen molar-refractivity contribution in [1.29, 1.82) is 0 Å². The van der Waals surface area contributed by atoms with Crippen LogP contribution in [-0.4, -0.2) is 16.6 Å². The number of fused-ring (bicyclic) bond motifs is 1. The van der Waals surface area contributed by atoms with Crippen molar-refractivity contribution >= 4 is 0 Å². The molecule has 3 rings (SSSR count).